The molecule has 2 atom stereocenters. The summed E-state index contributed by atoms with van der Waals surface area (Å²) in [6, 6.07) is 7.98. The molecule has 0 radical (unpaired) electrons. The number of aliphatic imine (C=N–C) groups is 2. The van der Waals surface area contributed by atoms with E-state index in [2.05, 4.69) is 9.98 Å². The summed E-state index contributed by atoms with van der Waals surface area (Å²) in [4.78, 5) is 12.7. The lowest BCUT2D eigenvalue weighted by Crippen LogP contribution is -2.37. The molecule has 2 N–H and O–H groups in total. The van der Waals surface area contributed by atoms with E-state index in [1.807, 2.05) is 34.1 Å². The lowest BCUT2D eigenvalue weighted by molar-refractivity contribution is 0.0780. The molecular formula is C16H22N4O2. The van der Waals surface area contributed by atoms with Crippen molar-refractivity contribution in [3.05, 3.63) is 35.4 Å². The Morgan fingerprint density at radius 2 is 1.18 bits per heavy atom. The summed E-state index contributed by atoms with van der Waals surface area (Å²) < 4.78 is 0. The molecule has 3 rings (SSSR count). The third-order valence-electron chi connectivity index (χ3n) is 4.05. The zero-order valence-corrected chi connectivity index (χ0v) is 13.0. The van der Waals surface area contributed by atoms with E-state index in [1.54, 1.807) is 13.8 Å². The van der Waals surface area contributed by atoms with Crippen LogP contribution in [0.3, 0.4) is 0 Å². The summed E-state index contributed by atoms with van der Waals surface area (Å²) in [6.07, 6.45) is -1.07. The Morgan fingerprint density at radius 3 is 1.50 bits per heavy atom. The van der Waals surface area contributed by atoms with Gasteiger partial charge in [0.05, 0.1) is 13.1 Å². The number of aliphatic hydroxyl groups excluding tert-OH is 2. The second kappa shape index (κ2) is 6.06. The predicted octanol–water partition coefficient (Wildman–Crippen LogP) is 0.488. The first-order chi connectivity index (χ1) is 10.6. The van der Waals surface area contributed by atoms with Crippen LogP contribution in [0.4, 0.5) is 0 Å². The molecule has 0 aromatic heterocycles. The molecule has 22 heavy (non-hydrogen) atoms. The first-order valence-corrected chi connectivity index (χ1v) is 7.67. The van der Waals surface area contributed by atoms with Gasteiger partial charge in [0.25, 0.3) is 0 Å². The van der Waals surface area contributed by atoms with Gasteiger partial charge in [-0.25, -0.2) is 0 Å². The quantitative estimate of drug-likeness (QED) is 0.849. The molecule has 0 aliphatic carbocycles. The summed E-state index contributed by atoms with van der Waals surface area (Å²) in [5.41, 5.74) is 1.98. The monoisotopic (exact) mass is 302 g/mol. The minimum Gasteiger partial charge on any atom is -0.374 e. The van der Waals surface area contributed by atoms with Crippen LogP contribution < -0.4 is 0 Å². The molecule has 0 bridgehead atoms. The van der Waals surface area contributed by atoms with Crippen molar-refractivity contribution in [3.8, 4) is 0 Å². The Kier molecular flexibility index (Phi) is 4.13. The molecular weight excluding hydrogens is 280 g/mol. The molecule has 0 fully saturated rings. The average Bonchev–Trinajstić information content (AvgIpc) is 3.16. The first kappa shape index (κ1) is 15.0. The van der Waals surface area contributed by atoms with Crippen LogP contribution in [0.5, 0.6) is 0 Å². The van der Waals surface area contributed by atoms with Gasteiger partial charge in [0.15, 0.2) is 0 Å². The van der Waals surface area contributed by atoms with Gasteiger partial charge in [0.2, 0.25) is 0 Å². The summed E-state index contributed by atoms with van der Waals surface area (Å²) in [5, 5.41) is 19.6. The van der Waals surface area contributed by atoms with Crippen LogP contribution in [0.15, 0.2) is 34.3 Å². The fraction of sp³-hybridized carbons (Fsp3) is 0.500. The number of rotatable bonds is 4. The van der Waals surface area contributed by atoms with Gasteiger partial charge in [-0.3, -0.25) is 9.98 Å². The van der Waals surface area contributed by atoms with Crippen LogP contribution in [0.25, 0.3) is 0 Å². The zero-order chi connectivity index (χ0) is 15.7. The molecule has 6 nitrogen and oxygen atoms in total. The van der Waals surface area contributed by atoms with Crippen molar-refractivity contribution in [2.24, 2.45) is 9.98 Å². The van der Waals surface area contributed by atoms with E-state index in [-0.39, 0.29) is 0 Å². The van der Waals surface area contributed by atoms with E-state index in [0.29, 0.717) is 13.1 Å². The number of hydrogen-bond donors (Lipinski definition) is 2. The fourth-order valence-corrected chi connectivity index (χ4v) is 2.93. The van der Waals surface area contributed by atoms with Crippen molar-refractivity contribution >= 4 is 11.7 Å². The van der Waals surface area contributed by atoms with Crippen LogP contribution in [0.2, 0.25) is 0 Å². The van der Waals surface area contributed by atoms with E-state index in [9.17, 15) is 10.2 Å². The maximum Gasteiger partial charge on any atom is 0.133 e. The SMILES string of the molecule is CC(O)N1CCN=C1c1ccc(C2=NCCN2C(C)O)cc1. The molecule has 1 aromatic rings. The van der Waals surface area contributed by atoms with Gasteiger partial charge >= 0.3 is 0 Å². The van der Waals surface area contributed by atoms with E-state index in [0.717, 1.165) is 35.9 Å². The zero-order valence-electron chi connectivity index (χ0n) is 13.0. The van der Waals surface area contributed by atoms with Gasteiger partial charge in [-0.05, 0) is 13.8 Å². The van der Waals surface area contributed by atoms with Gasteiger partial charge in [0.1, 0.15) is 24.1 Å². The van der Waals surface area contributed by atoms with E-state index in [4.69, 9.17) is 0 Å². The lowest BCUT2D eigenvalue weighted by Gasteiger charge is -2.25. The Bertz CT molecular complexity index is 540. The molecule has 0 saturated carbocycles. The molecule has 2 aliphatic rings. The standard InChI is InChI=1S/C16H22N4O2/c1-11(21)19-9-7-17-15(19)13-3-5-14(6-4-13)16-18-8-10-20(16)12(2)22/h3-6,11-12,21-22H,7-10H2,1-2H3. The molecule has 2 aliphatic heterocycles. The first-order valence-electron chi connectivity index (χ1n) is 7.67. The number of nitrogens with zero attached hydrogens (tertiary/aromatic N) is 4. The topological polar surface area (TPSA) is 71.7 Å². The van der Waals surface area contributed by atoms with E-state index >= 15 is 0 Å². The smallest absolute Gasteiger partial charge is 0.133 e. The summed E-state index contributed by atoms with van der Waals surface area (Å²) in [5.74, 6) is 1.67. The maximum atomic E-state index is 9.80. The Labute approximate surface area is 130 Å². The molecule has 6 heteroatoms. The van der Waals surface area contributed by atoms with Crippen LogP contribution >= 0.6 is 0 Å². The van der Waals surface area contributed by atoms with Crippen LogP contribution in [-0.2, 0) is 0 Å². The largest absolute Gasteiger partial charge is 0.374 e. The molecule has 2 heterocycles. The second-order valence-electron chi connectivity index (χ2n) is 5.64. The molecule has 118 valence electrons. The number of benzene rings is 1. The highest BCUT2D eigenvalue weighted by molar-refractivity contribution is 6.03. The highest BCUT2D eigenvalue weighted by Gasteiger charge is 2.24. The third-order valence-corrected chi connectivity index (χ3v) is 4.05. The molecule has 0 spiro atoms. The predicted molar refractivity (Wildman–Crippen MR) is 86.0 cm³/mol. The van der Waals surface area contributed by atoms with Gasteiger partial charge in [0, 0.05) is 24.2 Å². The van der Waals surface area contributed by atoms with Crippen molar-refractivity contribution in [1.82, 2.24) is 9.80 Å². The minimum atomic E-state index is -0.536. The average molecular weight is 302 g/mol. The van der Waals surface area contributed by atoms with Crippen molar-refractivity contribution in [3.63, 3.8) is 0 Å². The van der Waals surface area contributed by atoms with Gasteiger partial charge in [-0.1, -0.05) is 24.3 Å². The van der Waals surface area contributed by atoms with Crippen LogP contribution in [0.1, 0.15) is 25.0 Å². The van der Waals surface area contributed by atoms with Crippen molar-refractivity contribution < 1.29 is 10.2 Å². The number of amidine groups is 2. The lowest BCUT2D eigenvalue weighted by atomic mass is 10.1. The van der Waals surface area contributed by atoms with E-state index < -0.39 is 12.5 Å². The highest BCUT2D eigenvalue weighted by atomic mass is 16.3. The van der Waals surface area contributed by atoms with Gasteiger partial charge < -0.3 is 20.0 Å². The molecule has 1 aromatic carbocycles. The molecule has 0 saturated heterocycles. The van der Waals surface area contributed by atoms with Crippen molar-refractivity contribution in [2.45, 2.75) is 26.3 Å². The fourth-order valence-electron chi connectivity index (χ4n) is 2.93. The van der Waals surface area contributed by atoms with Gasteiger partial charge in [-0.2, -0.15) is 0 Å². The highest BCUT2D eigenvalue weighted by Crippen LogP contribution is 2.18. The van der Waals surface area contributed by atoms with Crippen molar-refractivity contribution in [2.75, 3.05) is 26.2 Å². The maximum absolute atomic E-state index is 9.80. The summed E-state index contributed by atoms with van der Waals surface area (Å²) in [7, 11) is 0. The summed E-state index contributed by atoms with van der Waals surface area (Å²) in [6.45, 7) is 6.43. The van der Waals surface area contributed by atoms with E-state index in [1.165, 1.54) is 0 Å². The number of hydrogen-bond acceptors (Lipinski definition) is 6. The minimum absolute atomic E-state index is 0.536. The van der Waals surface area contributed by atoms with Crippen LogP contribution in [0, 0.1) is 0 Å². The Morgan fingerprint density at radius 1 is 0.818 bits per heavy atom. The third kappa shape index (κ3) is 2.71. The number of aliphatic hydroxyl groups is 2. The Balaban J connectivity index is 1.82. The Hall–Kier alpha value is -1.92. The summed E-state index contributed by atoms with van der Waals surface area (Å²) >= 11 is 0. The molecule has 2 unspecified atom stereocenters. The van der Waals surface area contributed by atoms with Gasteiger partial charge in [-0.15, -0.1) is 0 Å². The normalized spacial score (nSPS) is 20.9. The molecule has 0 amide bonds. The van der Waals surface area contributed by atoms with Crippen LogP contribution in [-0.4, -0.2) is 70.3 Å². The van der Waals surface area contributed by atoms with Crippen molar-refractivity contribution in [1.29, 1.82) is 0 Å². The second-order valence-corrected chi connectivity index (χ2v) is 5.64.